The number of rotatable bonds is 2. The molecule has 0 heterocycles. The van der Waals surface area contributed by atoms with Crippen molar-refractivity contribution in [2.24, 2.45) is 0 Å². The summed E-state index contributed by atoms with van der Waals surface area (Å²) >= 11 is 0. The fourth-order valence-electron chi connectivity index (χ4n) is 0.623. The molecular weight excluding hydrogens is 160 g/mol. The largest absolute Gasteiger partial charge is 0.224 e. The molecule has 0 N–H and O–H groups in total. The first-order chi connectivity index (χ1) is 4.73. The van der Waals surface area contributed by atoms with E-state index in [1.165, 1.54) is 0 Å². The molecule has 0 aromatic heterocycles. The topological polar surface area (TPSA) is 34.1 Å². The van der Waals surface area contributed by atoms with E-state index < -0.39 is 14.6 Å². The highest BCUT2D eigenvalue weighted by molar-refractivity contribution is 7.96. The average molecular weight is 176 g/mol. The zero-order chi connectivity index (χ0) is 9.28. The molecule has 2 nitrogen and oxygen atoms in total. The Kier molecular flexibility index (Phi) is 2.89. The van der Waals surface area contributed by atoms with Crippen LogP contribution in [0.2, 0.25) is 0 Å². The normalized spacial score (nSPS) is 13.1. The zero-order valence-corrected chi connectivity index (χ0v) is 8.46. The Balaban J connectivity index is 4.93. The van der Waals surface area contributed by atoms with Crippen LogP contribution in [0.3, 0.4) is 0 Å². The lowest BCUT2D eigenvalue weighted by Crippen LogP contribution is -2.28. The van der Waals surface area contributed by atoms with Crippen molar-refractivity contribution in [1.29, 1.82) is 0 Å². The van der Waals surface area contributed by atoms with Gasteiger partial charge in [0.25, 0.3) is 0 Å². The molecule has 0 radical (unpaired) electrons. The standard InChI is InChI=1S/C8H16O2S/c1-6-7(2)11(9,10)8(3,4)5/h2,6H2,1,3-5H3. The highest BCUT2D eigenvalue weighted by atomic mass is 32.2. The number of hydrogen-bond acceptors (Lipinski definition) is 2. The van der Waals surface area contributed by atoms with Gasteiger partial charge in [0.2, 0.25) is 0 Å². The predicted octanol–water partition coefficient (Wildman–Crippen LogP) is 2.12. The minimum absolute atomic E-state index is 0.324. The Labute approximate surface area is 69.2 Å². The van der Waals surface area contributed by atoms with Gasteiger partial charge in [0.05, 0.1) is 4.75 Å². The summed E-state index contributed by atoms with van der Waals surface area (Å²) in [7, 11) is -3.12. The maximum Gasteiger partial charge on any atom is 0.178 e. The molecule has 0 atom stereocenters. The van der Waals surface area contributed by atoms with Gasteiger partial charge < -0.3 is 0 Å². The minimum atomic E-state index is -3.12. The second kappa shape index (κ2) is 2.97. The first-order valence-corrected chi connectivity index (χ1v) is 5.14. The second-order valence-electron chi connectivity index (χ2n) is 3.51. The molecule has 0 saturated heterocycles. The van der Waals surface area contributed by atoms with Crippen molar-refractivity contribution in [2.45, 2.75) is 38.9 Å². The molecule has 0 unspecified atom stereocenters. The van der Waals surface area contributed by atoms with E-state index in [4.69, 9.17) is 0 Å². The van der Waals surface area contributed by atoms with Crippen LogP contribution in [0.15, 0.2) is 11.5 Å². The Bertz CT molecular complexity index is 242. The smallest absolute Gasteiger partial charge is 0.178 e. The van der Waals surface area contributed by atoms with E-state index in [9.17, 15) is 8.42 Å². The number of hydrogen-bond donors (Lipinski definition) is 0. The summed E-state index contributed by atoms with van der Waals surface area (Å²) in [5, 5.41) is 0. The van der Waals surface area contributed by atoms with E-state index in [-0.39, 0.29) is 0 Å². The van der Waals surface area contributed by atoms with E-state index in [0.29, 0.717) is 11.3 Å². The van der Waals surface area contributed by atoms with Gasteiger partial charge in [0, 0.05) is 4.91 Å². The van der Waals surface area contributed by atoms with Gasteiger partial charge in [0.15, 0.2) is 9.84 Å². The van der Waals surface area contributed by atoms with E-state index in [1.807, 2.05) is 0 Å². The van der Waals surface area contributed by atoms with Crippen LogP contribution >= 0.6 is 0 Å². The first kappa shape index (κ1) is 10.7. The van der Waals surface area contributed by atoms with Crippen LogP contribution in [0.1, 0.15) is 34.1 Å². The number of allylic oxidation sites excluding steroid dienone is 1. The van der Waals surface area contributed by atoms with Gasteiger partial charge in [-0.15, -0.1) is 0 Å². The summed E-state index contributed by atoms with van der Waals surface area (Å²) in [5.74, 6) is 0. The van der Waals surface area contributed by atoms with Crippen molar-refractivity contribution in [3.05, 3.63) is 11.5 Å². The summed E-state index contributed by atoms with van der Waals surface area (Å²) in [6, 6.07) is 0. The summed E-state index contributed by atoms with van der Waals surface area (Å²) < 4.78 is 22.3. The van der Waals surface area contributed by atoms with Gasteiger partial charge in [-0.05, 0) is 27.2 Å². The number of sulfone groups is 1. The Hall–Kier alpha value is -0.310. The van der Waals surface area contributed by atoms with Gasteiger partial charge in [-0.3, -0.25) is 0 Å². The van der Waals surface area contributed by atoms with Crippen LogP contribution < -0.4 is 0 Å². The lowest BCUT2D eigenvalue weighted by molar-refractivity contribution is 0.566. The van der Waals surface area contributed by atoms with E-state index in [0.717, 1.165) is 0 Å². The summed E-state index contributed by atoms with van der Waals surface area (Å²) in [6.45, 7) is 10.4. The fourth-order valence-corrected chi connectivity index (χ4v) is 1.87. The van der Waals surface area contributed by atoms with Crippen molar-refractivity contribution >= 4 is 9.84 Å². The molecule has 0 fully saturated rings. The summed E-state index contributed by atoms with van der Waals surface area (Å²) in [4.78, 5) is 0.324. The van der Waals surface area contributed by atoms with Crippen molar-refractivity contribution in [3.63, 3.8) is 0 Å². The lowest BCUT2D eigenvalue weighted by Gasteiger charge is -2.19. The van der Waals surface area contributed by atoms with Gasteiger partial charge >= 0.3 is 0 Å². The molecule has 0 rings (SSSR count). The molecule has 11 heavy (non-hydrogen) atoms. The third-order valence-electron chi connectivity index (χ3n) is 1.58. The Morgan fingerprint density at radius 3 is 1.82 bits per heavy atom. The first-order valence-electron chi connectivity index (χ1n) is 3.66. The van der Waals surface area contributed by atoms with Crippen molar-refractivity contribution in [2.75, 3.05) is 0 Å². The molecule has 0 spiro atoms. The maximum absolute atomic E-state index is 11.5. The van der Waals surface area contributed by atoms with Crippen LogP contribution in [0.5, 0.6) is 0 Å². The van der Waals surface area contributed by atoms with Gasteiger partial charge in [-0.1, -0.05) is 13.5 Å². The second-order valence-corrected chi connectivity index (χ2v) is 6.32. The SMILES string of the molecule is C=C(CC)S(=O)(=O)C(C)(C)C. The fraction of sp³-hybridized carbons (Fsp3) is 0.750. The Morgan fingerprint density at radius 1 is 1.36 bits per heavy atom. The van der Waals surface area contributed by atoms with Crippen molar-refractivity contribution in [1.82, 2.24) is 0 Å². The summed E-state index contributed by atoms with van der Waals surface area (Å²) in [6.07, 6.45) is 0.500. The minimum Gasteiger partial charge on any atom is -0.224 e. The summed E-state index contributed by atoms with van der Waals surface area (Å²) in [5.41, 5.74) is 0. The molecule has 0 aromatic carbocycles. The van der Waals surface area contributed by atoms with Crippen LogP contribution in [-0.4, -0.2) is 13.2 Å². The molecule has 0 aliphatic rings. The maximum atomic E-state index is 11.5. The average Bonchev–Trinajstić information content (AvgIpc) is 1.83. The van der Waals surface area contributed by atoms with Gasteiger partial charge in [0.1, 0.15) is 0 Å². The van der Waals surface area contributed by atoms with E-state index in [2.05, 4.69) is 6.58 Å². The molecular formula is C8H16O2S. The van der Waals surface area contributed by atoms with Crippen LogP contribution in [0.4, 0.5) is 0 Å². The van der Waals surface area contributed by atoms with E-state index in [1.54, 1.807) is 27.7 Å². The van der Waals surface area contributed by atoms with Crippen LogP contribution in [0.25, 0.3) is 0 Å². The van der Waals surface area contributed by atoms with Gasteiger partial charge in [-0.25, -0.2) is 8.42 Å². The Morgan fingerprint density at radius 2 is 1.73 bits per heavy atom. The molecule has 0 aliphatic carbocycles. The monoisotopic (exact) mass is 176 g/mol. The lowest BCUT2D eigenvalue weighted by atomic mass is 10.3. The quantitative estimate of drug-likeness (QED) is 0.646. The highest BCUT2D eigenvalue weighted by Crippen LogP contribution is 2.23. The van der Waals surface area contributed by atoms with Crippen molar-refractivity contribution in [3.8, 4) is 0 Å². The molecule has 0 bridgehead atoms. The van der Waals surface area contributed by atoms with Gasteiger partial charge in [-0.2, -0.15) is 0 Å². The third-order valence-corrected chi connectivity index (χ3v) is 4.24. The van der Waals surface area contributed by atoms with Crippen LogP contribution in [0, 0.1) is 0 Å². The molecule has 0 amide bonds. The zero-order valence-electron chi connectivity index (χ0n) is 7.64. The third kappa shape index (κ3) is 2.06. The molecule has 0 aliphatic heterocycles. The predicted molar refractivity (Wildman–Crippen MR) is 48.1 cm³/mol. The molecule has 3 heteroatoms. The van der Waals surface area contributed by atoms with E-state index >= 15 is 0 Å². The highest BCUT2D eigenvalue weighted by Gasteiger charge is 2.30. The molecule has 0 saturated carbocycles. The molecule has 66 valence electrons. The molecule has 0 aromatic rings. The van der Waals surface area contributed by atoms with Crippen molar-refractivity contribution < 1.29 is 8.42 Å². The van der Waals surface area contributed by atoms with Crippen LogP contribution in [-0.2, 0) is 9.84 Å².